The van der Waals surface area contributed by atoms with Crippen LogP contribution in [0.2, 0.25) is 5.02 Å². The highest BCUT2D eigenvalue weighted by atomic mass is 35.5. The van der Waals surface area contributed by atoms with Gasteiger partial charge in [-0.05, 0) is 30.7 Å². The number of nitrogens with one attached hydrogen (secondary N) is 2. The third-order valence-electron chi connectivity index (χ3n) is 3.09. The van der Waals surface area contributed by atoms with Crippen LogP contribution in [0.15, 0.2) is 42.5 Å². The van der Waals surface area contributed by atoms with E-state index in [0.717, 1.165) is 5.56 Å². The molecular weight excluding hydrogens is 307 g/mol. The highest BCUT2D eigenvalue weighted by Gasteiger charge is 2.13. The Balaban J connectivity index is 1.93. The van der Waals surface area contributed by atoms with E-state index in [1.165, 1.54) is 18.2 Å². The molecule has 2 amide bonds. The molecule has 3 N–H and O–H groups in total. The third kappa shape index (κ3) is 4.19. The molecule has 0 aliphatic carbocycles. The van der Waals surface area contributed by atoms with Gasteiger partial charge in [0.1, 0.15) is 5.82 Å². The van der Waals surface area contributed by atoms with E-state index in [4.69, 9.17) is 11.6 Å². The number of urea groups is 1. The Kier molecular flexibility index (Phi) is 5.35. The Morgan fingerprint density at radius 1 is 1.32 bits per heavy atom. The number of anilines is 1. The van der Waals surface area contributed by atoms with Crippen LogP contribution in [-0.4, -0.2) is 17.7 Å². The van der Waals surface area contributed by atoms with Crippen molar-refractivity contribution in [1.82, 2.24) is 5.32 Å². The molecule has 1 atom stereocenters. The van der Waals surface area contributed by atoms with Crippen molar-refractivity contribution >= 4 is 23.3 Å². The second kappa shape index (κ2) is 7.24. The zero-order valence-corrected chi connectivity index (χ0v) is 12.7. The lowest BCUT2D eigenvalue weighted by Crippen LogP contribution is -2.32. The first-order valence-electron chi connectivity index (χ1n) is 6.71. The van der Waals surface area contributed by atoms with Crippen molar-refractivity contribution < 1.29 is 14.3 Å². The van der Waals surface area contributed by atoms with Crippen molar-refractivity contribution in [2.75, 3.05) is 11.9 Å². The molecular formula is C16H16ClFN2O2. The molecule has 2 rings (SSSR count). The predicted molar refractivity (Wildman–Crippen MR) is 84.6 cm³/mol. The molecule has 0 aromatic heterocycles. The summed E-state index contributed by atoms with van der Waals surface area (Å²) in [6, 6.07) is 10.6. The van der Waals surface area contributed by atoms with Crippen LogP contribution in [-0.2, 0) is 0 Å². The standard InChI is InChI=1S/C16H16ClFN2O2/c1-10-6-7-12(17)14(8-10)20-16(22)19-9-15(21)11-4-2-3-5-13(11)18/h2-8,15,21H,9H2,1H3,(H2,19,20,22). The third-order valence-corrected chi connectivity index (χ3v) is 3.42. The number of carbonyl (C=O) groups excluding carboxylic acids is 1. The van der Waals surface area contributed by atoms with Crippen molar-refractivity contribution in [2.24, 2.45) is 0 Å². The first-order valence-corrected chi connectivity index (χ1v) is 7.08. The Hall–Kier alpha value is -2.11. The molecule has 116 valence electrons. The lowest BCUT2D eigenvalue weighted by Gasteiger charge is -2.14. The van der Waals surface area contributed by atoms with Crippen LogP contribution in [0.25, 0.3) is 0 Å². The second-order valence-corrected chi connectivity index (χ2v) is 5.26. The number of rotatable bonds is 4. The number of carbonyl (C=O) groups is 1. The van der Waals surface area contributed by atoms with Gasteiger partial charge in [-0.2, -0.15) is 0 Å². The van der Waals surface area contributed by atoms with E-state index in [-0.39, 0.29) is 12.1 Å². The Labute approximate surface area is 132 Å². The summed E-state index contributed by atoms with van der Waals surface area (Å²) >= 11 is 5.98. The minimum absolute atomic E-state index is 0.115. The van der Waals surface area contributed by atoms with Crippen LogP contribution in [0.1, 0.15) is 17.2 Å². The van der Waals surface area contributed by atoms with Crippen molar-refractivity contribution in [1.29, 1.82) is 0 Å². The van der Waals surface area contributed by atoms with Crippen LogP contribution >= 0.6 is 11.6 Å². The smallest absolute Gasteiger partial charge is 0.319 e. The molecule has 4 nitrogen and oxygen atoms in total. The topological polar surface area (TPSA) is 61.4 Å². The zero-order chi connectivity index (χ0) is 16.1. The van der Waals surface area contributed by atoms with Crippen molar-refractivity contribution in [3.8, 4) is 0 Å². The van der Waals surface area contributed by atoms with Gasteiger partial charge in [-0.25, -0.2) is 9.18 Å². The maximum Gasteiger partial charge on any atom is 0.319 e. The second-order valence-electron chi connectivity index (χ2n) is 4.86. The summed E-state index contributed by atoms with van der Waals surface area (Å²) in [7, 11) is 0. The summed E-state index contributed by atoms with van der Waals surface area (Å²) in [6.45, 7) is 1.76. The minimum atomic E-state index is -1.13. The molecule has 1 unspecified atom stereocenters. The Morgan fingerprint density at radius 2 is 2.05 bits per heavy atom. The predicted octanol–water partition coefficient (Wildman–Crippen LogP) is 3.64. The zero-order valence-electron chi connectivity index (χ0n) is 11.9. The first-order chi connectivity index (χ1) is 10.5. The molecule has 0 spiro atoms. The molecule has 0 saturated carbocycles. The Morgan fingerprint density at radius 3 is 2.77 bits per heavy atom. The fourth-order valence-electron chi connectivity index (χ4n) is 1.95. The monoisotopic (exact) mass is 322 g/mol. The van der Waals surface area contributed by atoms with E-state index in [2.05, 4.69) is 10.6 Å². The normalized spacial score (nSPS) is 11.8. The summed E-state index contributed by atoms with van der Waals surface area (Å²) in [6.07, 6.45) is -1.13. The van der Waals surface area contributed by atoms with Crippen molar-refractivity contribution in [3.05, 3.63) is 64.4 Å². The SMILES string of the molecule is Cc1ccc(Cl)c(NC(=O)NCC(O)c2ccccc2F)c1. The molecule has 2 aromatic carbocycles. The highest BCUT2D eigenvalue weighted by molar-refractivity contribution is 6.33. The molecule has 0 radical (unpaired) electrons. The van der Waals surface area contributed by atoms with E-state index in [9.17, 15) is 14.3 Å². The molecule has 0 saturated heterocycles. The minimum Gasteiger partial charge on any atom is -0.386 e. The number of amides is 2. The van der Waals surface area contributed by atoms with Crippen molar-refractivity contribution in [3.63, 3.8) is 0 Å². The number of hydrogen-bond acceptors (Lipinski definition) is 2. The molecule has 0 heterocycles. The van der Waals surface area contributed by atoms with Gasteiger partial charge >= 0.3 is 6.03 Å². The van der Waals surface area contributed by atoms with Crippen LogP contribution in [0.3, 0.4) is 0 Å². The number of aliphatic hydroxyl groups is 1. The average molecular weight is 323 g/mol. The van der Waals surface area contributed by atoms with Gasteiger partial charge in [0.15, 0.2) is 0 Å². The number of hydrogen-bond donors (Lipinski definition) is 3. The molecule has 0 bridgehead atoms. The maximum atomic E-state index is 13.5. The van der Waals surface area contributed by atoms with Gasteiger partial charge in [-0.3, -0.25) is 0 Å². The molecule has 0 aliphatic heterocycles. The number of benzene rings is 2. The van der Waals surface area contributed by atoms with Crippen LogP contribution in [0, 0.1) is 12.7 Å². The van der Waals surface area contributed by atoms with Crippen LogP contribution in [0.5, 0.6) is 0 Å². The van der Waals surface area contributed by atoms with Gasteiger partial charge in [0, 0.05) is 12.1 Å². The fourth-order valence-corrected chi connectivity index (χ4v) is 2.11. The van der Waals surface area contributed by atoms with Gasteiger partial charge in [-0.1, -0.05) is 35.9 Å². The highest BCUT2D eigenvalue weighted by Crippen LogP contribution is 2.22. The van der Waals surface area contributed by atoms with E-state index in [0.29, 0.717) is 10.7 Å². The molecule has 0 aliphatic rings. The fraction of sp³-hybridized carbons (Fsp3) is 0.188. The summed E-state index contributed by atoms with van der Waals surface area (Å²) in [5.41, 5.74) is 1.56. The number of aryl methyl sites for hydroxylation is 1. The number of halogens is 2. The van der Waals surface area contributed by atoms with E-state index in [1.54, 1.807) is 18.2 Å². The van der Waals surface area contributed by atoms with Crippen LogP contribution < -0.4 is 10.6 Å². The average Bonchev–Trinajstić information content (AvgIpc) is 2.49. The van der Waals surface area contributed by atoms with E-state index < -0.39 is 18.0 Å². The summed E-state index contributed by atoms with van der Waals surface area (Å²) in [4.78, 5) is 11.8. The molecule has 0 fully saturated rings. The molecule has 6 heteroatoms. The quantitative estimate of drug-likeness (QED) is 0.804. The van der Waals surface area contributed by atoms with Crippen LogP contribution in [0.4, 0.5) is 14.9 Å². The van der Waals surface area contributed by atoms with Crippen molar-refractivity contribution in [2.45, 2.75) is 13.0 Å². The summed E-state index contributed by atoms with van der Waals surface area (Å²) in [5, 5.41) is 15.4. The van der Waals surface area contributed by atoms with E-state index >= 15 is 0 Å². The largest absolute Gasteiger partial charge is 0.386 e. The summed E-state index contributed by atoms with van der Waals surface area (Å²) < 4.78 is 13.5. The van der Waals surface area contributed by atoms with E-state index in [1.807, 2.05) is 13.0 Å². The van der Waals surface area contributed by atoms with Gasteiger partial charge in [0.2, 0.25) is 0 Å². The molecule has 22 heavy (non-hydrogen) atoms. The maximum absolute atomic E-state index is 13.5. The number of aliphatic hydroxyl groups excluding tert-OH is 1. The summed E-state index contributed by atoms with van der Waals surface area (Å²) in [5.74, 6) is -0.515. The molecule has 2 aromatic rings. The van der Waals surface area contributed by atoms with Gasteiger partial charge in [0.25, 0.3) is 0 Å². The van der Waals surface area contributed by atoms with Gasteiger partial charge < -0.3 is 15.7 Å². The van der Waals surface area contributed by atoms with Gasteiger partial charge in [-0.15, -0.1) is 0 Å². The Bertz CT molecular complexity index is 679. The first kappa shape index (κ1) is 16.3. The lowest BCUT2D eigenvalue weighted by atomic mass is 10.1. The lowest BCUT2D eigenvalue weighted by molar-refractivity contribution is 0.170. The van der Waals surface area contributed by atoms with Gasteiger partial charge in [0.05, 0.1) is 16.8 Å².